The number of hydrogen-bond acceptors (Lipinski definition) is 2. The Morgan fingerprint density at radius 2 is 2.06 bits per heavy atom. The minimum atomic E-state index is -0.358. The second kappa shape index (κ2) is 6.58. The first-order chi connectivity index (χ1) is 8.34. The third-order valence-corrected chi connectivity index (χ3v) is 3.05. The van der Waals surface area contributed by atoms with Crippen LogP contribution in [0, 0.1) is 0 Å². The van der Waals surface area contributed by atoms with Gasteiger partial charge in [-0.3, -0.25) is 0 Å². The lowest BCUT2D eigenvalue weighted by atomic mass is 10.1. The van der Waals surface area contributed by atoms with Gasteiger partial charge in [0.1, 0.15) is 0 Å². The van der Waals surface area contributed by atoms with E-state index in [1.807, 2.05) is 30.3 Å². The first-order valence-corrected chi connectivity index (χ1v) is 6.32. The molecule has 0 saturated heterocycles. The van der Waals surface area contributed by atoms with Crippen molar-refractivity contribution in [3.05, 3.63) is 47.5 Å². The van der Waals surface area contributed by atoms with Gasteiger partial charge in [-0.05, 0) is 31.2 Å². The number of benzene rings is 1. The van der Waals surface area contributed by atoms with Crippen molar-refractivity contribution in [2.45, 2.75) is 38.4 Å². The zero-order valence-electron chi connectivity index (χ0n) is 10.1. The van der Waals surface area contributed by atoms with Crippen molar-refractivity contribution in [1.29, 1.82) is 0 Å². The van der Waals surface area contributed by atoms with Crippen LogP contribution in [-0.2, 0) is 11.3 Å². The van der Waals surface area contributed by atoms with E-state index in [2.05, 4.69) is 6.08 Å². The third-order valence-electron chi connectivity index (χ3n) is 3.05. The molecule has 0 saturated carbocycles. The molecule has 0 fully saturated rings. The minimum Gasteiger partial charge on any atom is -0.390 e. The van der Waals surface area contributed by atoms with Crippen LogP contribution in [0.25, 0.3) is 0 Å². The van der Waals surface area contributed by atoms with Gasteiger partial charge >= 0.3 is 0 Å². The molecule has 0 radical (unpaired) electrons. The van der Waals surface area contributed by atoms with Crippen LogP contribution in [0.4, 0.5) is 0 Å². The second-order valence-electron chi connectivity index (χ2n) is 4.61. The quantitative estimate of drug-likeness (QED) is 0.764. The van der Waals surface area contributed by atoms with Gasteiger partial charge in [-0.1, -0.05) is 42.0 Å². The fourth-order valence-corrected chi connectivity index (χ4v) is 2.17. The lowest BCUT2D eigenvalue weighted by Crippen LogP contribution is -2.15. The Balaban J connectivity index is 1.64. The maximum Gasteiger partial charge on any atom is 0.0810 e. The van der Waals surface area contributed by atoms with Gasteiger partial charge in [-0.15, -0.1) is 0 Å². The average Bonchev–Trinajstić information content (AvgIpc) is 2.83. The summed E-state index contributed by atoms with van der Waals surface area (Å²) in [5, 5.41) is 9.82. The standard InChI is InChI=1S/C15H20O2/c16-15(10-13-6-4-5-7-13)12-17-11-14-8-2-1-3-9-14/h1-3,6,8-9,15-16H,4-5,7,10-12H2. The predicted octanol–water partition coefficient (Wildman–Crippen LogP) is 3.06. The zero-order valence-corrected chi connectivity index (χ0v) is 10.1. The SMILES string of the molecule is OC(COCc1ccccc1)CC1=CCCC1. The molecule has 0 aromatic heterocycles. The third kappa shape index (κ3) is 4.33. The summed E-state index contributed by atoms with van der Waals surface area (Å²) in [7, 11) is 0. The molecule has 1 aliphatic rings. The summed E-state index contributed by atoms with van der Waals surface area (Å²) in [5.41, 5.74) is 2.54. The topological polar surface area (TPSA) is 29.5 Å². The molecule has 2 nitrogen and oxygen atoms in total. The molecule has 17 heavy (non-hydrogen) atoms. The highest BCUT2D eigenvalue weighted by molar-refractivity contribution is 5.13. The van der Waals surface area contributed by atoms with E-state index in [1.165, 1.54) is 18.4 Å². The smallest absolute Gasteiger partial charge is 0.0810 e. The molecule has 2 heteroatoms. The van der Waals surface area contributed by atoms with E-state index in [0.717, 1.165) is 18.4 Å². The fourth-order valence-electron chi connectivity index (χ4n) is 2.17. The van der Waals surface area contributed by atoms with Crippen LogP contribution in [0.1, 0.15) is 31.2 Å². The molecule has 1 aromatic carbocycles. The van der Waals surface area contributed by atoms with Gasteiger partial charge in [0, 0.05) is 0 Å². The molecule has 1 aliphatic carbocycles. The molecule has 1 N–H and O–H groups in total. The molecule has 0 bridgehead atoms. The summed E-state index contributed by atoms with van der Waals surface area (Å²) in [6, 6.07) is 10.1. The van der Waals surface area contributed by atoms with Gasteiger partial charge in [0.2, 0.25) is 0 Å². The van der Waals surface area contributed by atoms with Crippen molar-refractivity contribution in [3.8, 4) is 0 Å². The number of rotatable bonds is 6. The van der Waals surface area contributed by atoms with E-state index >= 15 is 0 Å². The van der Waals surface area contributed by atoms with E-state index in [1.54, 1.807) is 0 Å². The highest BCUT2D eigenvalue weighted by Crippen LogP contribution is 2.21. The number of allylic oxidation sites excluding steroid dienone is 1. The minimum absolute atomic E-state index is 0.358. The van der Waals surface area contributed by atoms with Crippen LogP contribution in [0.5, 0.6) is 0 Å². The van der Waals surface area contributed by atoms with Crippen molar-refractivity contribution in [1.82, 2.24) is 0 Å². The van der Waals surface area contributed by atoms with Crippen LogP contribution in [0.15, 0.2) is 42.0 Å². The zero-order chi connectivity index (χ0) is 11.9. The molecule has 2 rings (SSSR count). The monoisotopic (exact) mass is 232 g/mol. The van der Waals surface area contributed by atoms with Crippen molar-refractivity contribution >= 4 is 0 Å². The molecule has 0 heterocycles. The van der Waals surface area contributed by atoms with Crippen LogP contribution >= 0.6 is 0 Å². The summed E-state index contributed by atoms with van der Waals surface area (Å²) in [6.45, 7) is 1.00. The molecule has 0 spiro atoms. The first-order valence-electron chi connectivity index (χ1n) is 6.32. The molecule has 0 aliphatic heterocycles. The second-order valence-corrected chi connectivity index (χ2v) is 4.61. The Bertz CT molecular complexity index is 356. The van der Waals surface area contributed by atoms with Gasteiger partial charge in [0.05, 0.1) is 19.3 Å². The Morgan fingerprint density at radius 1 is 1.24 bits per heavy atom. The van der Waals surface area contributed by atoms with Crippen LogP contribution in [0.3, 0.4) is 0 Å². The number of ether oxygens (including phenoxy) is 1. The van der Waals surface area contributed by atoms with Crippen molar-refractivity contribution < 1.29 is 9.84 Å². The van der Waals surface area contributed by atoms with E-state index in [9.17, 15) is 5.11 Å². The molecule has 1 atom stereocenters. The van der Waals surface area contributed by atoms with Gasteiger partial charge < -0.3 is 9.84 Å². The highest BCUT2D eigenvalue weighted by atomic mass is 16.5. The average molecular weight is 232 g/mol. The maximum absolute atomic E-state index is 9.82. The summed E-state index contributed by atoms with van der Waals surface area (Å²) in [6.07, 6.45) is 6.23. The summed E-state index contributed by atoms with van der Waals surface area (Å²) >= 11 is 0. The molecular weight excluding hydrogens is 212 g/mol. The highest BCUT2D eigenvalue weighted by Gasteiger charge is 2.10. The molecule has 1 aromatic rings. The maximum atomic E-state index is 9.82. The van der Waals surface area contributed by atoms with Crippen LogP contribution in [0.2, 0.25) is 0 Å². The lowest BCUT2D eigenvalue weighted by molar-refractivity contribution is 0.0286. The number of aliphatic hydroxyl groups is 1. The Kier molecular flexibility index (Phi) is 4.77. The number of aliphatic hydroxyl groups excluding tert-OH is 1. The van der Waals surface area contributed by atoms with Crippen LogP contribution < -0.4 is 0 Å². The number of hydrogen-bond donors (Lipinski definition) is 1. The summed E-state index contributed by atoms with van der Waals surface area (Å²) in [5.74, 6) is 0. The molecular formula is C15H20O2. The predicted molar refractivity (Wildman–Crippen MR) is 68.7 cm³/mol. The van der Waals surface area contributed by atoms with Crippen molar-refractivity contribution in [2.24, 2.45) is 0 Å². The molecule has 1 unspecified atom stereocenters. The van der Waals surface area contributed by atoms with Gasteiger partial charge in [0.15, 0.2) is 0 Å². The van der Waals surface area contributed by atoms with Gasteiger partial charge in [0.25, 0.3) is 0 Å². The largest absolute Gasteiger partial charge is 0.390 e. The van der Waals surface area contributed by atoms with E-state index in [-0.39, 0.29) is 6.10 Å². The van der Waals surface area contributed by atoms with Crippen LogP contribution in [-0.4, -0.2) is 17.8 Å². The Labute approximate surface area is 103 Å². The molecule has 92 valence electrons. The van der Waals surface area contributed by atoms with Crippen molar-refractivity contribution in [3.63, 3.8) is 0 Å². The fraction of sp³-hybridized carbons (Fsp3) is 0.467. The van der Waals surface area contributed by atoms with Gasteiger partial charge in [-0.25, -0.2) is 0 Å². The lowest BCUT2D eigenvalue weighted by Gasteiger charge is -2.12. The van der Waals surface area contributed by atoms with E-state index in [0.29, 0.717) is 13.2 Å². The summed E-state index contributed by atoms with van der Waals surface area (Å²) < 4.78 is 5.51. The molecule has 0 amide bonds. The Morgan fingerprint density at radius 3 is 2.76 bits per heavy atom. The van der Waals surface area contributed by atoms with Gasteiger partial charge in [-0.2, -0.15) is 0 Å². The van der Waals surface area contributed by atoms with E-state index < -0.39 is 0 Å². The summed E-state index contributed by atoms with van der Waals surface area (Å²) in [4.78, 5) is 0. The normalized spacial score (nSPS) is 16.9. The van der Waals surface area contributed by atoms with Crippen molar-refractivity contribution in [2.75, 3.05) is 6.61 Å². The first kappa shape index (κ1) is 12.3. The Hall–Kier alpha value is -1.12. The van der Waals surface area contributed by atoms with E-state index in [4.69, 9.17) is 4.74 Å².